The monoisotopic (exact) mass is 259 g/mol. The highest BCUT2D eigenvalue weighted by atomic mass is 35.5. The summed E-state index contributed by atoms with van der Waals surface area (Å²) in [4.78, 5) is 6.56. The molecule has 0 atom stereocenters. The highest BCUT2D eigenvalue weighted by Crippen LogP contribution is 2.15. The molecule has 0 unspecified atom stereocenters. The van der Waals surface area contributed by atoms with Crippen molar-refractivity contribution >= 4 is 11.6 Å². The summed E-state index contributed by atoms with van der Waals surface area (Å²) in [5.74, 6) is 0.940. The predicted molar refractivity (Wildman–Crippen MR) is 70.1 cm³/mol. The lowest BCUT2D eigenvalue weighted by Crippen LogP contribution is -2.36. The van der Waals surface area contributed by atoms with E-state index in [2.05, 4.69) is 23.7 Å². The number of rotatable bonds is 7. The van der Waals surface area contributed by atoms with Gasteiger partial charge in [-0.3, -0.25) is 4.90 Å². The molecule has 1 aromatic heterocycles. The summed E-state index contributed by atoms with van der Waals surface area (Å²) >= 11 is 5.97. The van der Waals surface area contributed by atoms with Crippen LogP contribution in [0.1, 0.15) is 32.5 Å². The molecule has 0 aliphatic heterocycles. The molecule has 1 heterocycles. The minimum absolute atomic E-state index is 0.175. The molecule has 0 saturated carbocycles. The highest BCUT2D eigenvalue weighted by Gasteiger charge is 2.17. The molecule has 98 valence electrons. The van der Waals surface area contributed by atoms with Gasteiger partial charge in [0, 0.05) is 19.6 Å². The molecule has 0 aliphatic carbocycles. The van der Waals surface area contributed by atoms with Gasteiger partial charge in [0.1, 0.15) is 11.0 Å². The molecule has 1 N–H and O–H groups in total. The third-order valence-electron chi connectivity index (χ3n) is 3.22. The van der Waals surface area contributed by atoms with Crippen molar-refractivity contribution in [2.45, 2.75) is 39.3 Å². The molecule has 5 heteroatoms. The number of nitrogens with zero attached hydrogens (tertiary/aromatic N) is 3. The lowest BCUT2D eigenvalue weighted by atomic mass is 10.1. The van der Waals surface area contributed by atoms with E-state index in [0.29, 0.717) is 17.7 Å². The minimum Gasteiger partial charge on any atom is -0.395 e. The molecule has 0 aromatic carbocycles. The molecular formula is C12H22ClN3O. The normalized spacial score (nSPS) is 11.7. The maximum absolute atomic E-state index is 9.13. The van der Waals surface area contributed by atoms with E-state index in [1.807, 2.05) is 11.6 Å². The van der Waals surface area contributed by atoms with Crippen molar-refractivity contribution in [1.29, 1.82) is 0 Å². The first kappa shape index (κ1) is 14.5. The summed E-state index contributed by atoms with van der Waals surface area (Å²) in [6, 6.07) is 0.484. The number of aliphatic hydroxyl groups excluding tert-OH is 1. The van der Waals surface area contributed by atoms with E-state index in [1.165, 1.54) is 0 Å². The topological polar surface area (TPSA) is 41.3 Å². The van der Waals surface area contributed by atoms with Crippen molar-refractivity contribution in [3.05, 3.63) is 17.2 Å². The molecule has 0 amide bonds. The number of imidazole rings is 1. The van der Waals surface area contributed by atoms with Crippen LogP contribution < -0.4 is 0 Å². The summed E-state index contributed by atoms with van der Waals surface area (Å²) in [5.41, 5.74) is 0. The van der Waals surface area contributed by atoms with Crippen LogP contribution in [0.25, 0.3) is 0 Å². The van der Waals surface area contributed by atoms with E-state index in [4.69, 9.17) is 16.7 Å². The van der Waals surface area contributed by atoms with E-state index < -0.39 is 0 Å². The van der Waals surface area contributed by atoms with E-state index >= 15 is 0 Å². The van der Waals surface area contributed by atoms with Gasteiger partial charge in [-0.15, -0.1) is 0 Å². The fraction of sp³-hybridized carbons (Fsp3) is 0.750. The molecule has 4 nitrogen and oxygen atoms in total. The smallest absolute Gasteiger partial charge is 0.128 e. The summed E-state index contributed by atoms with van der Waals surface area (Å²) in [6.07, 6.45) is 3.82. The summed E-state index contributed by atoms with van der Waals surface area (Å²) in [7, 11) is 1.91. The van der Waals surface area contributed by atoms with Gasteiger partial charge in [0.05, 0.1) is 19.3 Å². The zero-order valence-corrected chi connectivity index (χ0v) is 11.6. The molecule has 17 heavy (non-hydrogen) atoms. The average Bonchev–Trinajstić information content (AvgIpc) is 2.63. The molecule has 0 bridgehead atoms. The van der Waals surface area contributed by atoms with Crippen LogP contribution in [0.5, 0.6) is 0 Å². The standard InChI is InChI=1S/C12H22ClN3O/c1-4-10(5-2)16(6-7-17)9-12-14-8-11(13)15(12)3/h8,10,17H,4-7,9H2,1-3H3. The van der Waals surface area contributed by atoms with Gasteiger partial charge < -0.3 is 9.67 Å². The Morgan fingerprint density at radius 1 is 1.47 bits per heavy atom. The first-order valence-electron chi connectivity index (χ1n) is 6.15. The van der Waals surface area contributed by atoms with Crippen LogP contribution >= 0.6 is 11.6 Å². The first-order chi connectivity index (χ1) is 8.13. The Morgan fingerprint density at radius 3 is 2.53 bits per heavy atom. The molecular weight excluding hydrogens is 238 g/mol. The molecule has 1 rings (SSSR count). The lowest BCUT2D eigenvalue weighted by Gasteiger charge is -2.29. The van der Waals surface area contributed by atoms with Gasteiger partial charge in [0.2, 0.25) is 0 Å². The van der Waals surface area contributed by atoms with Gasteiger partial charge in [-0.05, 0) is 12.8 Å². The Bertz CT molecular complexity index is 336. The van der Waals surface area contributed by atoms with Crippen molar-refractivity contribution in [1.82, 2.24) is 14.5 Å². The molecule has 0 spiro atoms. The Hall–Kier alpha value is -0.580. The summed E-state index contributed by atoms with van der Waals surface area (Å²) < 4.78 is 1.88. The Morgan fingerprint density at radius 2 is 2.12 bits per heavy atom. The molecule has 0 aliphatic rings. The van der Waals surface area contributed by atoms with Gasteiger partial charge >= 0.3 is 0 Å². The number of halogens is 1. The van der Waals surface area contributed by atoms with E-state index in [9.17, 15) is 0 Å². The van der Waals surface area contributed by atoms with Gasteiger partial charge in [-0.1, -0.05) is 25.4 Å². The van der Waals surface area contributed by atoms with E-state index in [1.54, 1.807) is 6.20 Å². The van der Waals surface area contributed by atoms with Crippen LogP contribution in [0.3, 0.4) is 0 Å². The molecule has 0 saturated heterocycles. The van der Waals surface area contributed by atoms with E-state index in [-0.39, 0.29) is 6.61 Å². The maximum atomic E-state index is 9.13. The molecule has 0 fully saturated rings. The second-order valence-electron chi connectivity index (χ2n) is 4.22. The summed E-state index contributed by atoms with van der Waals surface area (Å²) in [6.45, 7) is 5.93. The first-order valence-corrected chi connectivity index (χ1v) is 6.52. The number of aliphatic hydroxyl groups is 1. The van der Waals surface area contributed by atoms with E-state index in [0.717, 1.165) is 25.2 Å². The minimum atomic E-state index is 0.175. The second kappa shape index (κ2) is 6.99. The Balaban J connectivity index is 2.75. The predicted octanol–water partition coefficient (Wildman–Crippen LogP) is 2.06. The van der Waals surface area contributed by atoms with Crippen LogP contribution in [0, 0.1) is 0 Å². The quantitative estimate of drug-likeness (QED) is 0.815. The number of hydrogen-bond donors (Lipinski definition) is 1. The van der Waals surface area contributed by atoms with Crippen molar-refractivity contribution in [3.8, 4) is 0 Å². The largest absolute Gasteiger partial charge is 0.395 e. The van der Waals surface area contributed by atoms with Crippen LogP contribution in [0.4, 0.5) is 0 Å². The maximum Gasteiger partial charge on any atom is 0.128 e. The van der Waals surface area contributed by atoms with Crippen molar-refractivity contribution in [2.24, 2.45) is 7.05 Å². The Kier molecular flexibility index (Phi) is 5.95. The fourth-order valence-electron chi connectivity index (χ4n) is 2.08. The zero-order chi connectivity index (χ0) is 12.8. The number of aromatic nitrogens is 2. The van der Waals surface area contributed by atoms with Gasteiger partial charge in [0.15, 0.2) is 0 Å². The average molecular weight is 260 g/mol. The van der Waals surface area contributed by atoms with Crippen LogP contribution in [0.15, 0.2) is 6.20 Å². The van der Waals surface area contributed by atoms with Crippen LogP contribution in [0.2, 0.25) is 5.15 Å². The molecule has 1 aromatic rings. The lowest BCUT2D eigenvalue weighted by molar-refractivity contribution is 0.132. The number of hydrogen-bond acceptors (Lipinski definition) is 3. The van der Waals surface area contributed by atoms with Crippen LogP contribution in [-0.4, -0.2) is 38.8 Å². The summed E-state index contributed by atoms with van der Waals surface area (Å²) in [5, 5.41) is 9.78. The third kappa shape index (κ3) is 3.69. The van der Waals surface area contributed by atoms with Crippen LogP contribution in [-0.2, 0) is 13.6 Å². The molecule has 0 radical (unpaired) electrons. The Labute approximate surface area is 108 Å². The zero-order valence-electron chi connectivity index (χ0n) is 10.9. The third-order valence-corrected chi connectivity index (χ3v) is 3.57. The van der Waals surface area contributed by atoms with Crippen molar-refractivity contribution in [3.63, 3.8) is 0 Å². The van der Waals surface area contributed by atoms with Gasteiger partial charge in [-0.25, -0.2) is 4.98 Å². The fourth-order valence-corrected chi connectivity index (χ4v) is 2.22. The van der Waals surface area contributed by atoms with Crippen molar-refractivity contribution < 1.29 is 5.11 Å². The van der Waals surface area contributed by atoms with Gasteiger partial charge in [-0.2, -0.15) is 0 Å². The SMILES string of the molecule is CCC(CC)N(CCO)Cc1ncc(Cl)n1C. The van der Waals surface area contributed by atoms with Crippen molar-refractivity contribution in [2.75, 3.05) is 13.2 Å². The van der Waals surface area contributed by atoms with Gasteiger partial charge in [0.25, 0.3) is 0 Å². The highest BCUT2D eigenvalue weighted by molar-refractivity contribution is 6.29. The second-order valence-corrected chi connectivity index (χ2v) is 4.61.